The van der Waals surface area contributed by atoms with Crippen molar-refractivity contribution >= 4 is 22.9 Å². The van der Waals surface area contributed by atoms with Gasteiger partial charge in [0.05, 0.1) is 0 Å². The first-order chi connectivity index (χ1) is 9.17. The smallest absolute Gasteiger partial charge is 0.261 e. The summed E-state index contributed by atoms with van der Waals surface area (Å²) in [7, 11) is 0. The monoisotopic (exact) mass is 253 g/mol. The van der Waals surface area contributed by atoms with E-state index in [0.717, 1.165) is 22.2 Å². The number of carbonyl (C=O) groups excluding carboxylic acids is 1. The minimum atomic E-state index is -0.338. The highest BCUT2D eigenvalue weighted by Crippen LogP contribution is 2.24. The SMILES string of the molecule is CCNC(=O)/C(C#N)=C/c1c(C)[nH]c2ccccc12. The quantitative estimate of drug-likeness (QED) is 0.652. The Kier molecular flexibility index (Phi) is 3.67. The lowest BCUT2D eigenvalue weighted by Crippen LogP contribution is -2.23. The number of benzene rings is 1. The number of nitrogens with zero attached hydrogens (tertiary/aromatic N) is 1. The Labute approximate surface area is 111 Å². The molecule has 0 bridgehead atoms. The van der Waals surface area contributed by atoms with Gasteiger partial charge in [-0.1, -0.05) is 18.2 Å². The van der Waals surface area contributed by atoms with Gasteiger partial charge in [-0.15, -0.1) is 0 Å². The zero-order valence-electron chi connectivity index (χ0n) is 10.9. The molecule has 0 aliphatic heterocycles. The van der Waals surface area contributed by atoms with E-state index < -0.39 is 0 Å². The van der Waals surface area contributed by atoms with Crippen molar-refractivity contribution in [3.63, 3.8) is 0 Å². The topological polar surface area (TPSA) is 68.7 Å². The molecule has 19 heavy (non-hydrogen) atoms. The molecule has 0 aliphatic rings. The van der Waals surface area contributed by atoms with Crippen LogP contribution in [0.4, 0.5) is 0 Å². The molecule has 96 valence electrons. The van der Waals surface area contributed by atoms with Crippen LogP contribution in [0.25, 0.3) is 17.0 Å². The first-order valence-electron chi connectivity index (χ1n) is 6.14. The van der Waals surface area contributed by atoms with Crippen LogP contribution in [0.2, 0.25) is 0 Å². The van der Waals surface area contributed by atoms with E-state index in [1.807, 2.05) is 44.2 Å². The van der Waals surface area contributed by atoms with Crippen LogP contribution in [0.3, 0.4) is 0 Å². The van der Waals surface area contributed by atoms with E-state index in [9.17, 15) is 4.79 Å². The second kappa shape index (κ2) is 5.40. The summed E-state index contributed by atoms with van der Waals surface area (Å²) in [4.78, 5) is 15.0. The fraction of sp³-hybridized carbons (Fsp3) is 0.200. The number of carbonyl (C=O) groups is 1. The number of para-hydroxylation sites is 1. The van der Waals surface area contributed by atoms with Gasteiger partial charge in [-0.25, -0.2) is 0 Å². The third kappa shape index (κ3) is 2.50. The van der Waals surface area contributed by atoms with Crippen molar-refractivity contribution < 1.29 is 4.79 Å². The fourth-order valence-electron chi connectivity index (χ4n) is 2.03. The second-order valence-electron chi connectivity index (χ2n) is 4.24. The van der Waals surface area contributed by atoms with E-state index >= 15 is 0 Å². The molecule has 1 aromatic heterocycles. The molecule has 0 aliphatic carbocycles. The average molecular weight is 253 g/mol. The highest BCUT2D eigenvalue weighted by molar-refractivity contribution is 6.04. The number of aromatic nitrogens is 1. The number of fused-ring (bicyclic) bond motifs is 1. The molecule has 0 saturated heterocycles. The van der Waals surface area contributed by atoms with E-state index in [-0.39, 0.29) is 11.5 Å². The minimum absolute atomic E-state index is 0.120. The molecule has 0 spiro atoms. The van der Waals surface area contributed by atoms with E-state index in [0.29, 0.717) is 6.54 Å². The van der Waals surface area contributed by atoms with Gasteiger partial charge in [0.2, 0.25) is 0 Å². The van der Waals surface area contributed by atoms with Crippen molar-refractivity contribution in [2.45, 2.75) is 13.8 Å². The first-order valence-corrected chi connectivity index (χ1v) is 6.14. The van der Waals surface area contributed by atoms with E-state index in [4.69, 9.17) is 5.26 Å². The van der Waals surface area contributed by atoms with Crippen molar-refractivity contribution in [1.82, 2.24) is 10.3 Å². The summed E-state index contributed by atoms with van der Waals surface area (Å²) in [5.41, 5.74) is 2.95. The van der Waals surface area contributed by atoms with Crippen molar-refractivity contribution in [2.75, 3.05) is 6.54 Å². The number of likely N-dealkylation sites (N-methyl/N-ethyl adjacent to an activating group) is 1. The maximum absolute atomic E-state index is 11.7. The largest absolute Gasteiger partial charge is 0.358 e. The van der Waals surface area contributed by atoms with E-state index in [2.05, 4.69) is 10.3 Å². The second-order valence-corrected chi connectivity index (χ2v) is 4.24. The van der Waals surface area contributed by atoms with Crippen LogP contribution in [0.1, 0.15) is 18.2 Å². The van der Waals surface area contributed by atoms with Crippen LogP contribution in [0.5, 0.6) is 0 Å². The summed E-state index contributed by atoms with van der Waals surface area (Å²) in [6.07, 6.45) is 1.64. The van der Waals surface area contributed by atoms with Crippen LogP contribution < -0.4 is 5.32 Å². The average Bonchev–Trinajstić information content (AvgIpc) is 2.72. The van der Waals surface area contributed by atoms with Gasteiger partial charge >= 0.3 is 0 Å². The molecule has 2 aromatic rings. The molecule has 0 atom stereocenters. The molecule has 0 fully saturated rings. The van der Waals surface area contributed by atoms with Crippen molar-refractivity contribution in [3.05, 3.63) is 41.1 Å². The van der Waals surface area contributed by atoms with Gasteiger partial charge in [0.1, 0.15) is 11.6 Å². The summed E-state index contributed by atoms with van der Waals surface area (Å²) in [6, 6.07) is 9.77. The van der Waals surface area contributed by atoms with Crippen LogP contribution >= 0.6 is 0 Å². The van der Waals surface area contributed by atoms with E-state index in [1.54, 1.807) is 6.08 Å². The number of hydrogen-bond donors (Lipinski definition) is 2. The Bertz CT molecular complexity index is 689. The summed E-state index contributed by atoms with van der Waals surface area (Å²) in [6.45, 7) is 4.26. The van der Waals surface area contributed by atoms with Crippen LogP contribution in [-0.2, 0) is 4.79 Å². The lowest BCUT2D eigenvalue weighted by Gasteiger charge is -2.00. The molecule has 4 nitrogen and oxygen atoms in total. The van der Waals surface area contributed by atoms with Gasteiger partial charge < -0.3 is 10.3 Å². The number of aryl methyl sites for hydroxylation is 1. The third-order valence-electron chi connectivity index (χ3n) is 2.93. The number of nitriles is 1. The summed E-state index contributed by atoms with van der Waals surface area (Å²) < 4.78 is 0. The maximum atomic E-state index is 11.7. The minimum Gasteiger partial charge on any atom is -0.358 e. The van der Waals surface area contributed by atoms with Crippen molar-refractivity contribution in [2.24, 2.45) is 0 Å². The molecule has 2 rings (SSSR count). The van der Waals surface area contributed by atoms with Crippen molar-refractivity contribution in [1.29, 1.82) is 5.26 Å². The Balaban J connectivity index is 2.52. The summed E-state index contributed by atoms with van der Waals surface area (Å²) in [5, 5.41) is 12.7. The third-order valence-corrected chi connectivity index (χ3v) is 2.93. The number of amides is 1. The molecule has 0 radical (unpaired) electrons. The Morgan fingerprint density at radius 3 is 2.89 bits per heavy atom. The van der Waals surface area contributed by atoms with Crippen LogP contribution in [0, 0.1) is 18.3 Å². The summed E-state index contributed by atoms with van der Waals surface area (Å²) in [5.74, 6) is -0.338. The predicted octanol–water partition coefficient (Wildman–Crippen LogP) is 2.52. The number of aromatic amines is 1. The number of hydrogen-bond acceptors (Lipinski definition) is 2. The standard InChI is InChI=1S/C15H15N3O/c1-3-17-15(19)11(9-16)8-13-10(2)18-14-7-5-4-6-12(13)14/h4-8,18H,3H2,1-2H3,(H,17,19)/b11-8+. The van der Waals surface area contributed by atoms with Gasteiger partial charge in [-0.2, -0.15) is 5.26 Å². The van der Waals surface area contributed by atoms with Gasteiger partial charge in [0, 0.05) is 28.7 Å². The summed E-state index contributed by atoms with van der Waals surface area (Å²) >= 11 is 0. The molecule has 0 unspecified atom stereocenters. The van der Waals surface area contributed by atoms with Crippen LogP contribution in [-0.4, -0.2) is 17.4 Å². The number of rotatable bonds is 3. The number of H-pyrrole nitrogens is 1. The predicted molar refractivity (Wildman–Crippen MR) is 75.3 cm³/mol. The Morgan fingerprint density at radius 1 is 1.47 bits per heavy atom. The zero-order chi connectivity index (χ0) is 13.8. The molecule has 1 amide bonds. The maximum Gasteiger partial charge on any atom is 0.261 e. The lowest BCUT2D eigenvalue weighted by molar-refractivity contribution is -0.116. The normalized spacial score (nSPS) is 11.3. The fourth-order valence-corrected chi connectivity index (χ4v) is 2.03. The molecular weight excluding hydrogens is 238 g/mol. The molecule has 2 N–H and O–H groups in total. The molecule has 4 heteroatoms. The molecule has 1 heterocycles. The molecule has 1 aromatic carbocycles. The zero-order valence-corrected chi connectivity index (χ0v) is 10.9. The van der Waals surface area contributed by atoms with Gasteiger partial charge in [0.15, 0.2) is 0 Å². The van der Waals surface area contributed by atoms with Gasteiger partial charge in [-0.05, 0) is 26.0 Å². The molecular formula is C15H15N3O. The van der Waals surface area contributed by atoms with Gasteiger partial charge in [-0.3, -0.25) is 4.79 Å². The van der Waals surface area contributed by atoms with E-state index in [1.165, 1.54) is 0 Å². The Morgan fingerprint density at radius 2 is 2.21 bits per heavy atom. The van der Waals surface area contributed by atoms with Crippen LogP contribution in [0.15, 0.2) is 29.8 Å². The Hall–Kier alpha value is -2.54. The van der Waals surface area contributed by atoms with Gasteiger partial charge in [0.25, 0.3) is 5.91 Å². The molecule has 0 saturated carbocycles. The lowest BCUT2D eigenvalue weighted by atomic mass is 10.1. The number of nitrogens with one attached hydrogen (secondary N) is 2. The highest BCUT2D eigenvalue weighted by atomic mass is 16.1. The van der Waals surface area contributed by atoms with Crippen molar-refractivity contribution in [3.8, 4) is 6.07 Å². The first kappa shape index (κ1) is 12.9. The highest BCUT2D eigenvalue weighted by Gasteiger charge is 2.11.